The van der Waals surface area contributed by atoms with Crippen LogP contribution >= 0.6 is 15.9 Å². The van der Waals surface area contributed by atoms with Crippen molar-refractivity contribution in [2.75, 3.05) is 5.32 Å². The Balaban J connectivity index is 2.41. The van der Waals surface area contributed by atoms with Crippen LogP contribution in [0, 0.1) is 12.7 Å². The van der Waals surface area contributed by atoms with Crippen LogP contribution in [0.4, 0.5) is 10.1 Å². The Morgan fingerprint density at radius 1 is 1.19 bits per heavy atom. The van der Waals surface area contributed by atoms with E-state index in [0.29, 0.717) is 10.0 Å². The Hall–Kier alpha value is -2.21. The first-order chi connectivity index (χ1) is 9.90. The summed E-state index contributed by atoms with van der Waals surface area (Å²) >= 11 is 3.17. The lowest BCUT2D eigenvalue weighted by Gasteiger charge is -2.12. The quantitative estimate of drug-likeness (QED) is 0.882. The molecular formula is C15H11BrFNO3. The molecule has 0 aliphatic heterocycles. The first-order valence-electron chi connectivity index (χ1n) is 5.99. The zero-order chi connectivity index (χ0) is 15.6. The van der Waals surface area contributed by atoms with Crippen molar-refractivity contribution >= 4 is 33.5 Å². The van der Waals surface area contributed by atoms with Crippen LogP contribution in [0.3, 0.4) is 0 Å². The normalized spacial score (nSPS) is 10.2. The molecule has 0 saturated heterocycles. The molecule has 0 atom stereocenters. The van der Waals surface area contributed by atoms with Crippen molar-refractivity contribution in [3.63, 3.8) is 0 Å². The molecule has 0 radical (unpaired) electrons. The fourth-order valence-electron chi connectivity index (χ4n) is 1.86. The standard InChI is InChI=1S/C15H11BrFNO3/c1-8-3-2-4-10(15(20)21)13(8)18-14(19)11-7-9(17)5-6-12(11)16/h2-7H,1H3,(H,18,19)(H,20,21). The lowest BCUT2D eigenvalue weighted by Crippen LogP contribution is -2.16. The summed E-state index contributed by atoms with van der Waals surface area (Å²) in [5, 5.41) is 11.7. The van der Waals surface area contributed by atoms with Crippen molar-refractivity contribution < 1.29 is 19.1 Å². The first kappa shape index (κ1) is 15.2. The maximum atomic E-state index is 13.2. The second-order valence-corrected chi connectivity index (χ2v) is 5.24. The topological polar surface area (TPSA) is 66.4 Å². The molecule has 1 amide bonds. The third-order valence-corrected chi connectivity index (χ3v) is 3.61. The molecule has 0 aliphatic rings. The van der Waals surface area contributed by atoms with E-state index in [-0.39, 0.29) is 16.8 Å². The summed E-state index contributed by atoms with van der Waals surface area (Å²) in [7, 11) is 0. The highest BCUT2D eigenvalue weighted by Crippen LogP contribution is 2.24. The van der Waals surface area contributed by atoms with Crippen molar-refractivity contribution in [2.24, 2.45) is 0 Å². The van der Waals surface area contributed by atoms with Gasteiger partial charge in [0, 0.05) is 4.47 Å². The maximum absolute atomic E-state index is 13.2. The number of nitrogens with one attached hydrogen (secondary N) is 1. The number of carboxylic acid groups (broad SMARTS) is 1. The van der Waals surface area contributed by atoms with Gasteiger partial charge in [-0.1, -0.05) is 12.1 Å². The maximum Gasteiger partial charge on any atom is 0.337 e. The molecule has 4 nitrogen and oxygen atoms in total. The van der Waals surface area contributed by atoms with Crippen molar-refractivity contribution in [1.29, 1.82) is 0 Å². The predicted octanol–water partition coefficient (Wildman–Crippen LogP) is 3.85. The van der Waals surface area contributed by atoms with Crippen LogP contribution in [0.25, 0.3) is 0 Å². The van der Waals surface area contributed by atoms with Gasteiger partial charge < -0.3 is 10.4 Å². The lowest BCUT2D eigenvalue weighted by atomic mass is 10.1. The number of anilines is 1. The first-order valence-corrected chi connectivity index (χ1v) is 6.78. The van der Waals surface area contributed by atoms with E-state index in [1.165, 1.54) is 18.2 Å². The van der Waals surface area contributed by atoms with Crippen molar-refractivity contribution in [2.45, 2.75) is 6.92 Å². The summed E-state index contributed by atoms with van der Waals surface area (Å²) in [4.78, 5) is 23.4. The Morgan fingerprint density at radius 3 is 2.57 bits per heavy atom. The molecule has 0 unspecified atom stereocenters. The molecule has 2 aromatic carbocycles. The fraction of sp³-hybridized carbons (Fsp3) is 0.0667. The van der Waals surface area contributed by atoms with Gasteiger partial charge in [-0.25, -0.2) is 9.18 Å². The molecule has 2 aromatic rings. The average Bonchev–Trinajstić information content (AvgIpc) is 2.43. The molecule has 2 N–H and O–H groups in total. The molecule has 2 rings (SSSR count). The smallest absolute Gasteiger partial charge is 0.337 e. The third-order valence-electron chi connectivity index (χ3n) is 2.91. The van der Waals surface area contributed by atoms with E-state index in [9.17, 15) is 14.0 Å². The Morgan fingerprint density at radius 2 is 1.90 bits per heavy atom. The van der Waals surface area contributed by atoms with Gasteiger partial charge >= 0.3 is 5.97 Å². The minimum Gasteiger partial charge on any atom is -0.478 e. The van der Waals surface area contributed by atoms with E-state index >= 15 is 0 Å². The Bertz CT molecular complexity index is 731. The van der Waals surface area contributed by atoms with Gasteiger partial charge in [0.15, 0.2) is 0 Å². The number of hydrogen-bond acceptors (Lipinski definition) is 2. The molecule has 21 heavy (non-hydrogen) atoms. The molecule has 0 saturated carbocycles. The van der Waals surface area contributed by atoms with Gasteiger partial charge in [-0.3, -0.25) is 4.79 Å². The number of carbonyl (C=O) groups is 2. The summed E-state index contributed by atoms with van der Waals surface area (Å²) in [6.07, 6.45) is 0. The summed E-state index contributed by atoms with van der Waals surface area (Å²) < 4.78 is 13.7. The van der Waals surface area contributed by atoms with Gasteiger partial charge in [-0.05, 0) is 52.7 Å². The number of aryl methyl sites for hydroxylation is 1. The van der Waals surface area contributed by atoms with Crippen molar-refractivity contribution in [1.82, 2.24) is 0 Å². The number of aromatic carboxylic acids is 1. The van der Waals surface area contributed by atoms with Gasteiger partial charge in [0.25, 0.3) is 5.91 Å². The third kappa shape index (κ3) is 3.28. The number of benzene rings is 2. The lowest BCUT2D eigenvalue weighted by molar-refractivity contribution is 0.0698. The molecular weight excluding hydrogens is 341 g/mol. The molecule has 0 fully saturated rings. The van der Waals surface area contributed by atoms with Crippen LogP contribution < -0.4 is 5.32 Å². The van der Waals surface area contributed by atoms with Crippen LogP contribution in [-0.2, 0) is 0 Å². The molecule has 0 spiro atoms. The molecule has 0 bridgehead atoms. The summed E-state index contributed by atoms with van der Waals surface area (Å²) in [5.74, 6) is -2.28. The number of amides is 1. The van der Waals surface area contributed by atoms with Gasteiger partial charge in [-0.2, -0.15) is 0 Å². The second kappa shape index (κ2) is 6.05. The number of halogens is 2. The molecule has 6 heteroatoms. The number of para-hydroxylation sites is 1. The van der Waals surface area contributed by atoms with E-state index in [4.69, 9.17) is 5.11 Å². The van der Waals surface area contributed by atoms with Gasteiger partial charge in [-0.15, -0.1) is 0 Å². The van der Waals surface area contributed by atoms with E-state index in [2.05, 4.69) is 21.2 Å². The Kier molecular flexibility index (Phi) is 4.37. The Labute approximate surface area is 128 Å². The highest BCUT2D eigenvalue weighted by atomic mass is 79.9. The molecule has 0 aliphatic carbocycles. The number of rotatable bonds is 3. The van der Waals surface area contributed by atoms with E-state index < -0.39 is 17.7 Å². The summed E-state index contributed by atoms with van der Waals surface area (Å²) in [5.41, 5.74) is 0.882. The molecule has 0 heterocycles. The molecule has 108 valence electrons. The summed E-state index contributed by atoms with van der Waals surface area (Å²) in [6, 6.07) is 8.39. The largest absolute Gasteiger partial charge is 0.478 e. The minimum atomic E-state index is -1.15. The van der Waals surface area contributed by atoms with Crippen LogP contribution in [0.1, 0.15) is 26.3 Å². The highest BCUT2D eigenvalue weighted by molar-refractivity contribution is 9.10. The van der Waals surface area contributed by atoms with Gasteiger partial charge in [0.1, 0.15) is 5.82 Å². The zero-order valence-corrected chi connectivity index (χ0v) is 12.6. The van der Waals surface area contributed by atoms with Crippen LogP contribution in [0.5, 0.6) is 0 Å². The fourth-order valence-corrected chi connectivity index (χ4v) is 2.29. The monoisotopic (exact) mass is 351 g/mol. The van der Waals surface area contributed by atoms with Gasteiger partial charge in [0.2, 0.25) is 0 Å². The van der Waals surface area contributed by atoms with Crippen LogP contribution in [0.15, 0.2) is 40.9 Å². The van der Waals surface area contributed by atoms with Crippen molar-refractivity contribution in [3.05, 3.63) is 63.4 Å². The van der Waals surface area contributed by atoms with E-state index in [0.717, 1.165) is 6.07 Å². The van der Waals surface area contributed by atoms with Crippen LogP contribution in [0.2, 0.25) is 0 Å². The number of carbonyl (C=O) groups excluding carboxylic acids is 1. The SMILES string of the molecule is Cc1cccc(C(=O)O)c1NC(=O)c1cc(F)ccc1Br. The van der Waals surface area contributed by atoms with Crippen LogP contribution in [-0.4, -0.2) is 17.0 Å². The van der Waals surface area contributed by atoms with Gasteiger partial charge in [0.05, 0.1) is 16.8 Å². The number of carboxylic acids is 1. The zero-order valence-electron chi connectivity index (χ0n) is 11.0. The van der Waals surface area contributed by atoms with E-state index in [1.54, 1.807) is 19.1 Å². The average molecular weight is 352 g/mol. The summed E-state index contributed by atoms with van der Waals surface area (Å²) in [6.45, 7) is 1.68. The number of hydrogen-bond donors (Lipinski definition) is 2. The predicted molar refractivity (Wildman–Crippen MR) is 80.2 cm³/mol. The minimum absolute atomic E-state index is 0.0177. The molecule has 0 aromatic heterocycles. The van der Waals surface area contributed by atoms with Crippen molar-refractivity contribution in [3.8, 4) is 0 Å². The highest BCUT2D eigenvalue weighted by Gasteiger charge is 2.17. The second-order valence-electron chi connectivity index (χ2n) is 4.38. The van der Waals surface area contributed by atoms with E-state index in [1.807, 2.05) is 0 Å².